The van der Waals surface area contributed by atoms with E-state index in [1.807, 2.05) is 6.92 Å². The number of piperidine rings is 1. The highest BCUT2D eigenvalue weighted by Crippen LogP contribution is 2.28. The van der Waals surface area contributed by atoms with E-state index in [9.17, 15) is 21.6 Å². The molecule has 1 heterocycles. The molecule has 0 radical (unpaired) electrons. The van der Waals surface area contributed by atoms with E-state index in [1.54, 1.807) is 4.31 Å². The summed E-state index contributed by atoms with van der Waals surface area (Å²) in [6.07, 6.45) is 3.48. The first-order valence-corrected chi connectivity index (χ1v) is 13.1. The Morgan fingerprint density at radius 3 is 2.10 bits per heavy atom. The number of carbonyl (C=O) groups is 1. The Morgan fingerprint density at radius 1 is 0.935 bits per heavy atom. The lowest BCUT2D eigenvalue weighted by atomic mass is 10.0. The Morgan fingerprint density at radius 2 is 1.52 bits per heavy atom. The summed E-state index contributed by atoms with van der Waals surface area (Å²) in [7, 11) is -7.49. The fourth-order valence-corrected chi connectivity index (χ4v) is 6.49. The number of rotatable bonds is 7. The van der Waals surface area contributed by atoms with E-state index in [0.717, 1.165) is 25.7 Å². The lowest BCUT2D eigenvalue weighted by Gasteiger charge is -2.34. The minimum absolute atomic E-state index is 0.00241. The monoisotopic (exact) mass is 465 g/mol. The molecule has 1 aliphatic rings. The Hall–Kier alpha value is -2.43. The third kappa shape index (κ3) is 5.44. The molecule has 1 saturated heterocycles. The van der Waals surface area contributed by atoms with Crippen LogP contribution in [0.5, 0.6) is 0 Å². The maximum atomic E-state index is 13.0. The number of nitrogens with one attached hydrogen (secondary N) is 2. The van der Waals surface area contributed by atoms with E-state index in [-0.39, 0.29) is 27.4 Å². The van der Waals surface area contributed by atoms with Gasteiger partial charge in [0, 0.05) is 30.9 Å². The van der Waals surface area contributed by atoms with Gasteiger partial charge in [-0.25, -0.2) is 16.8 Å². The Kier molecular flexibility index (Phi) is 7.03. The molecular weight excluding hydrogens is 438 g/mol. The van der Waals surface area contributed by atoms with Crippen LogP contribution < -0.4 is 10.0 Å². The van der Waals surface area contributed by atoms with Crippen molar-refractivity contribution in [3.05, 3.63) is 48.5 Å². The standard InChI is InChI=1S/C21H27N3O5S2/c1-3-19-6-4-5-15-24(19)31(28,29)21-13-9-18(10-14-21)23-30(26,27)20-11-7-17(8-12-20)22-16(2)25/h7-14,19,23H,3-6,15H2,1-2H3,(H,22,25). The molecule has 1 aliphatic heterocycles. The van der Waals surface area contributed by atoms with Crippen LogP contribution in [0.4, 0.5) is 11.4 Å². The minimum atomic E-state index is -3.86. The minimum Gasteiger partial charge on any atom is -0.326 e. The number of anilines is 2. The van der Waals surface area contributed by atoms with Gasteiger partial charge in [-0.2, -0.15) is 4.31 Å². The van der Waals surface area contributed by atoms with Gasteiger partial charge in [-0.1, -0.05) is 13.3 Å². The van der Waals surface area contributed by atoms with E-state index in [0.29, 0.717) is 12.2 Å². The van der Waals surface area contributed by atoms with Crippen molar-refractivity contribution in [1.82, 2.24) is 4.31 Å². The molecule has 0 saturated carbocycles. The zero-order valence-corrected chi connectivity index (χ0v) is 19.2. The summed E-state index contributed by atoms with van der Waals surface area (Å²) < 4.78 is 55.3. The average Bonchev–Trinajstić information content (AvgIpc) is 2.74. The number of benzene rings is 2. The highest BCUT2D eigenvalue weighted by atomic mass is 32.2. The lowest BCUT2D eigenvalue weighted by molar-refractivity contribution is -0.114. The molecule has 1 fully saturated rings. The highest BCUT2D eigenvalue weighted by molar-refractivity contribution is 7.92. The van der Waals surface area contributed by atoms with E-state index in [1.165, 1.54) is 55.5 Å². The van der Waals surface area contributed by atoms with Crippen molar-refractivity contribution in [2.75, 3.05) is 16.6 Å². The summed E-state index contributed by atoms with van der Waals surface area (Å²) in [4.78, 5) is 11.3. The quantitative estimate of drug-likeness (QED) is 0.651. The van der Waals surface area contributed by atoms with Gasteiger partial charge in [0.1, 0.15) is 0 Å². The maximum Gasteiger partial charge on any atom is 0.261 e. The van der Waals surface area contributed by atoms with Crippen molar-refractivity contribution < 1.29 is 21.6 Å². The van der Waals surface area contributed by atoms with Crippen LogP contribution in [0.25, 0.3) is 0 Å². The van der Waals surface area contributed by atoms with Gasteiger partial charge >= 0.3 is 0 Å². The number of amides is 1. The van der Waals surface area contributed by atoms with Crippen LogP contribution in [0.1, 0.15) is 39.5 Å². The predicted octanol–water partition coefficient (Wildman–Crippen LogP) is 3.40. The molecule has 8 nitrogen and oxygen atoms in total. The molecule has 168 valence electrons. The molecule has 0 aliphatic carbocycles. The molecule has 2 aromatic rings. The molecule has 1 unspecified atom stereocenters. The van der Waals surface area contributed by atoms with Crippen molar-refractivity contribution in [3.63, 3.8) is 0 Å². The molecule has 0 spiro atoms. The van der Waals surface area contributed by atoms with Crippen molar-refractivity contribution in [2.45, 2.75) is 55.4 Å². The van der Waals surface area contributed by atoms with Crippen LogP contribution in [0.2, 0.25) is 0 Å². The number of sulfonamides is 2. The lowest BCUT2D eigenvalue weighted by Crippen LogP contribution is -2.43. The van der Waals surface area contributed by atoms with Crippen LogP contribution in [0.3, 0.4) is 0 Å². The third-order valence-corrected chi connectivity index (χ3v) is 8.61. The molecule has 31 heavy (non-hydrogen) atoms. The van der Waals surface area contributed by atoms with Gasteiger partial charge in [0.15, 0.2) is 0 Å². The van der Waals surface area contributed by atoms with Gasteiger partial charge in [0.2, 0.25) is 15.9 Å². The van der Waals surface area contributed by atoms with Gasteiger partial charge < -0.3 is 5.32 Å². The molecule has 3 rings (SSSR count). The smallest absolute Gasteiger partial charge is 0.261 e. The van der Waals surface area contributed by atoms with Crippen LogP contribution in [0, 0.1) is 0 Å². The van der Waals surface area contributed by atoms with Crippen LogP contribution >= 0.6 is 0 Å². The Bertz CT molecular complexity index is 1130. The summed E-state index contributed by atoms with van der Waals surface area (Å²) in [5, 5.41) is 2.57. The summed E-state index contributed by atoms with van der Waals surface area (Å²) in [5.74, 6) is -0.251. The van der Waals surface area contributed by atoms with Gasteiger partial charge in [-0.05, 0) is 67.8 Å². The van der Waals surface area contributed by atoms with E-state index in [4.69, 9.17) is 0 Å². The maximum absolute atomic E-state index is 13.0. The molecule has 1 atom stereocenters. The first-order valence-electron chi connectivity index (χ1n) is 10.2. The highest BCUT2D eigenvalue weighted by Gasteiger charge is 2.32. The van der Waals surface area contributed by atoms with Crippen molar-refractivity contribution in [1.29, 1.82) is 0 Å². The Balaban J connectivity index is 1.76. The molecule has 2 N–H and O–H groups in total. The van der Waals surface area contributed by atoms with Crippen molar-refractivity contribution in [2.24, 2.45) is 0 Å². The van der Waals surface area contributed by atoms with E-state index in [2.05, 4.69) is 10.0 Å². The second-order valence-corrected chi connectivity index (χ2v) is 11.1. The first-order chi connectivity index (χ1) is 14.6. The number of hydrogen-bond acceptors (Lipinski definition) is 5. The number of carbonyl (C=O) groups excluding carboxylic acids is 1. The number of hydrogen-bond donors (Lipinski definition) is 2. The van der Waals surface area contributed by atoms with Crippen LogP contribution in [-0.4, -0.2) is 39.6 Å². The topological polar surface area (TPSA) is 113 Å². The first kappa shape index (κ1) is 23.2. The van der Waals surface area contributed by atoms with Gasteiger partial charge in [0.05, 0.1) is 9.79 Å². The molecule has 10 heteroatoms. The molecule has 0 aromatic heterocycles. The van der Waals surface area contributed by atoms with E-state index >= 15 is 0 Å². The molecule has 1 amide bonds. The fourth-order valence-electron chi connectivity index (χ4n) is 3.66. The van der Waals surface area contributed by atoms with Crippen LogP contribution in [-0.2, 0) is 24.8 Å². The van der Waals surface area contributed by atoms with Crippen LogP contribution in [0.15, 0.2) is 58.3 Å². The fraction of sp³-hybridized carbons (Fsp3) is 0.381. The second kappa shape index (κ2) is 9.37. The average molecular weight is 466 g/mol. The molecule has 2 aromatic carbocycles. The molecular formula is C21H27N3O5S2. The summed E-state index contributed by atoms with van der Waals surface area (Å²) >= 11 is 0. The predicted molar refractivity (Wildman–Crippen MR) is 120 cm³/mol. The zero-order valence-electron chi connectivity index (χ0n) is 17.5. The van der Waals surface area contributed by atoms with Gasteiger partial charge in [-0.3, -0.25) is 9.52 Å². The molecule has 0 bridgehead atoms. The van der Waals surface area contributed by atoms with Crippen molar-refractivity contribution >= 4 is 37.3 Å². The summed E-state index contributed by atoms with van der Waals surface area (Å²) in [6.45, 7) is 3.85. The SMILES string of the molecule is CCC1CCCCN1S(=O)(=O)c1ccc(NS(=O)(=O)c2ccc(NC(C)=O)cc2)cc1. The zero-order chi connectivity index (χ0) is 22.6. The summed E-state index contributed by atoms with van der Waals surface area (Å²) in [6, 6.07) is 11.5. The number of nitrogens with zero attached hydrogens (tertiary/aromatic N) is 1. The summed E-state index contributed by atoms with van der Waals surface area (Å²) in [5.41, 5.74) is 0.750. The Labute approximate surface area is 183 Å². The largest absolute Gasteiger partial charge is 0.326 e. The normalized spacial score (nSPS) is 17.8. The second-order valence-electron chi connectivity index (χ2n) is 7.51. The van der Waals surface area contributed by atoms with Crippen molar-refractivity contribution in [3.8, 4) is 0 Å². The van der Waals surface area contributed by atoms with Gasteiger partial charge in [0.25, 0.3) is 10.0 Å². The van der Waals surface area contributed by atoms with E-state index < -0.39 is 20.0 Å². The van der Waals surface area contributed by atoms with Gasteiger partial charge in [-0.15, -0.1) is 0 Å². The third-order valence-electron chi connectivity index (χ3n) is 5.24.